The third-order valence-electron chi connectivity index (χ3n) is 3.04. The molecule has 0 aromatic rings. The number of hydrogen-bond donors (Lipinski definition) is 2. The van der Waals surface area contributed by atoms with E-state index in [1.807, 2.05) is 6.92 Å². The number of nitrogens with one attached hydrogen (secondary N) is 2. The topological polar surface area (TPSA) is 75.3 Å². The second kappa shape index (κ2) is 4.47. The van der Waals surface area contributed by atoms with Crippen LogP contribution in [0, 0.1) is 11.3 Å². The van der Waals surface area contributed by atoms with Crippen LogP contribution in [-0.2, 0) is 9.59 Å². The second-order valence-electron chi connectivity index (χ2n) is 3.98. The fourth-order valence-electron chi connectivity index (χ4n) is 2.03. The van der Waals surface area contributed by atoms with Crippen LogP contribution in [0.2, 0.25) is 0 Å². The normalized spacial score (nSPS) is 21.0. The molecule has 0 aliphatic carbocycles. The molecular formula is C11H16N2O3. The van der Waals surface area contributed by atoms with Crippen LogP contribution in [0.25, 0.3) is 0 Å². The maximum Gasteiger partial charge on any atom is 0.328 e. The van der Waals surface area contributed by atoms with Gasteiger partial charge in [-0.25, -0.2) is 4.79 Å². The zero-order valence-corrected chi connectivity index (χ0v) is 9.50. The van der Waals surface area contributed by atoms with Crippen molar-refractivity contribution in [3.63, 3.8) is 0 Å². The van der Waals surface area contributed by atoms with Gasteiger partial charge in [0.25, 0.3) is 0 Å². The maximum atomic E-state index is 11.9. The molecule has 0 aromatic carbocycles. The number of amides is 4. The molecule has 2 N–H and O–H groups in total. The van der Waals surface area contributed by atoms with E-state index >= 15 is 0 Å². The molecule has 0 spiro atoms. The highest BCUT2D eigenvalue weighted by atomic mass is 16.2. The predicted molar refractivity (Wildman–Crippen MR) is 58.4 cm³/mol. The molecule has 1 atom stereocenters. The van der Waals surface area contributed by atoms with Gasteiger partial charge in [0.15, 0.2) is 0 Å². The van der Waals surface area contributed by atoms with E-state index < -0.39 is 23.3 Å². The zero-order valence-electron chi connectivity index (χ0n) is 9.50. The van der Waals surface area contributed by atoms with Crippen molar-refractivity contribution in [2.24, 2.45) is 11.3 Å². The Hall–Kier alpha value is -1.65. The van der Waals surface area contributed by atoms with E-state index in [1.165, 1.54) is 0 Å². The molecule has 0 aromatic heterocycles. The Balaban J connectivity index is 3.16. The van der Waals surface area contributed by atoms with E-state index in [0.717, 1.165) is 0 Å². The lowest BCUT2D eigenvalue weighted by molar-refractivity contribution is -0.147. The summed E-state index contributed by atoms with van der Waals surface area (Å²) in [5.41, 5.74) is -1.20. The van der Waals surface area contributed by atoms with E-state index in [-0.39, 0.29) is 5.92 Å². The molecule has 1 aliphatic heterocycles. The molecule has 0 saturated carbocycles. The van der Waals surface area contributed by atoms with Crippen molar-refractivity contribution < 1.29 is 14.4 Å². The molecule has 88 valence electrons. The lowest BCUT2D eigenvalue weighted by Crippen LogP contribution is -2.64. The van der Waals surface area contributed by atoms with Crippen molar-refractivity contribution in [1.82, 2.24) is 10.6 Å². The first-order chi connectivity index (χ1) is 7.48. The third-order valence-corrected chi connectivity index (χ3v) is 3.04. The minimum absolute atomic E-state index is 0.319. The molecule has 1 heterocycles. The van der Waals surface area contributed by atoms with E-state index in [4.69, 9.17) is 0 Å². The van der Waals surface area contributed by atoms with Crippen molar-refractivity contribution in [3.05, 3.63) is 12.7 Å². The summed E-state index contributed by atoms with van der Waals surface area (Å²) in [4.78, 5) is 34.8. The minimum Gasteiger partial charge on any atom is -0.277 e. The first-order valence-electron chi connectivity index (χ1n) is 5.28. The van der Waals surface area contributed by atoms with Crippen LogP contribution in [0.1, 0.15) is 26.7 Å². The fraction of sp³-hybridized carbons (Fsp3) is 0.545. The second-order valence-corrected chi connectivity index (χ2v) is 3.98. The van der Waals surface area contributed by atoms with Crippen molar-refractivity contribution in [1.29, 1.82) is 0 Å². The highest BCUT2D eigenvalue weighted by Gasteiger charge is 2.52. The van der Waals surface area contributed by atoms with Gasteiger partial charge < -0.3 is 0 Å². The Labute approximate surface area is 94.3 Å². The molecule has 1 unspecified atom stereocenters. The van der Waals surface area contributed by atoms with Crippen molar-refractivity contribution in [3.8, 4) is 0 Å². The van der Waals surface area contributed by atoms with Crippen LogP contribution in [0.5, 0.6) is 0 Å². The molecule has 0 bridgehead atoms. The van der Waals surface area contributed by atoms with Gasteiger partial charge in [-0.15, -0.1) is 6.58 Å². The summed E-state index contributed by atoms with van der Waals surface area (Å²) < 4.78 is 0. The van der Waals surface area contributed by atoms with Crippen LogP contribution < -0.4 is 10.6 Å². The average Bonchev–Trinajstić information content (AvgIpc) is 2.22. The summed E-state index contributed by atoms with van der Waals surface area (Å²) in [6.07, 6.45) is 2.63. The van der Waals surface area contributed by atoms with Crippen LogP contribution in [-0.4, -0.2) is 17.8 Å². The van der Waals surface area contributed by atoms with Gasteiger partial charge in [0, 0.05) is 0 Å². The molecule has 16 heavy (non-hydrogen) atoms. The monoisotopic (exact) mass is 224 g/mol. The highest BCUT2D eigenvalue weighted by molar-refractivity contribution is 6.19. The largest absolute Gasteiger partial charge is 0.328 e. The summed E-state index contributed by atoms with van der Waals surface area (Å²) in [7, 11) is 0. The average molecular weight is 224 g/mol. The quantitative estimate of drug-likeness (QED) is 0.551. The van der Waals surface area contributed by atoms with Gasteiger partial charge in [0.1, 0.15) is 5.41 Å². The number of rotatable bonds is 4. The van der Waals surface area contributed by atoms with Crippen molar-refractivity contribution >= 4 is 17.8 Å². The molecule has 1 saturated heterocycles. The molecule has 1 aliphatic rings. The lowest BCUT2D eigenvalue weighted by atomic mass is 9.70. The molecular weight excluding hydrogens is 208 g/mol. The van der Waals surface area contributed by atoms with Gasteiger partial charge >= 0.3 is 6.03 Å². The van der Waals surface area contributed by atoms with E-state index in [9.17, 15) is 14.4 Å². The smallest absolute Gasteiger partial charge is 0.277 e. The van der Waals surface area contributed by atoms with E-state index in [0.29, 0.717) is 12.8 Å². The van der Waals surface area contributed by atoms with Crippen molar-refractivity contribution in [2.75, 3.05) is 0 Å². The highest BCUT2D eigenvalue weighted by Crippen LogP contribution is 2.36. The molecule has 4 amide bonds. The number of carbonyl (C=O) groups excluding carboxylic acids is 3. The number of urea groups is 1. The Morgan fingerprint density at radius 2 is 1.81 bits per heavy atom. The summed E-state index contributed by atoms with van der Waals surface area (Å²) in [6.45, 7) is 7.24. The molecule has 1 rings (SSSR count). The Morgan fingerprint density at radius 3 is 2.19 bits per heavy atom. The molecule has 5 heteroatoms. The number of allylic oxidation sites excluding steroid dienone is 1. The predicted octanol–water partition coefficient (Wildman–Crippen LogP) is 0.961. The number of barbiturate groups is 1. The summed E-state index contributed by atoms with van der Waals surface area (Å²) >= 11 is 0. The summed E-state index contributed by atoms with van der Waals surface area (Å²) in [5, 5.41) is 4.29. The van der Waals surface area contributed by atoms with E-state index in [2.05, 4.69) is 17.2 Å². The first-order valence-corrected chi connectivity index (χ1v) is 5.28. The lowest BCUT2D eigenvalue weighted by Gasteiger charge is -2.37. The SMILES string of the molecule is C=CC(C)C1(CCC)C(=O)NC(=O)NC1=O. The summed E-state index contributed by atoms with van der Waals surface area (Å²) in [6, 6.07) is -0.752. The van der Waals surface area contributed by atoms with Gasteiger partial charge in [-0.2, -0.15) is 0 Å². The molecule has 0 radical (unpaired) electrons. The van der Waals surface area contributed by atoms with Crippen LogP contribution in [0.3, 0.4) is 0 Å². The van der Waals surface area contributed by atoms with E-state index in [1.54, 1.807) is 13.0 Å². The van der Waals surface area contributed by atoms with Crippen LogP contribution in [0.4, 0.5) is 4.79 Å². The Kier molecular flexibility index (Phi) is 3.47. The number of imide groups is 2. The minimum atomic E-state index is -1.20. The van der Waals surface area contributed by atoms with Gasteiger partial charge in [0.2, 0.25) is 11.8 Å². The van der Waals surface area contributed by atoms with Crippen LogP contribution >= 0.6 is 0 Å². The van der Waals surface area contributed by atoms with Gasteiger partial charge in [-0.3, -0.25) is 20.2 Å². The van der Waals surface area contributed by atoms with Crippen LogP contribution in [0.15, 0.2) is 12.7 Å². The Morgan fingerprint density at radius 1 is 1.31 bits per heavy atom. The van der Waals surface area contributed by atoms with Crippen molar-refractivity contribution in [2.45, 2.75) is 26.7 Å². The van der Waals surface area contributed by atoms with Gasteiger partial charge in [0.05, 0.1) is 0 Å². The van der Waals surface area contributed by atoms with Gasteiger partial charge in [-0.05, 0) is 12.3 Å². The zero-order chi connectivity index (χ0) is 12.3. The summed E-state index contributed by atoms with van der Waals surface area (Å²) in [5.74, 6) is -1.38. The number of hydrogen-bond acceptors (Lipinski definition) is 3. The fourth-order valence-corrected chi connectivity index (χ4v) is 2.03. The molecule has 5 nitrogen and oxygen atoms in total. The standard InChI is InChI=1S/C11H16N2O3/c1-4-6-11(7(3)5-2)8(14)12-10(16)13-9(11)15/h5,7H,2,4,6H2,1,3H3,(H2,12,13,14,15,16). The maximum absolute atomic E-state index is 11.9. The van der Waals surface area contributed by atoms with Gasteiger partial charge in [-0.1, -0.05) is 26.3 Å². The third kappa shape index (κ3) is 1.73. The number of carbonyl (C=O) groups is 3. The Bertz CT molecular complexity index is 329. The first kappa shape index (κ1) is 12.4. The molecule has 1 fully saturated rings.